The number of anilines is 1. The molecule has 2 N–H and O–H groups in total. The minimum Gasteiger partial charge on any atom is -0.454 e. The first-order valence-electron chi connectivity index (χ1n) is 9.91. The van der Waals surface area contributed by atoms with Crippen LogP contribution in [0.3, 0.4) is 0 Å². The van der Waals surface area contributed by atoms with Gasteiger partial charge in [0.05, 0.1) is 10.5 Å². The van der Waals surface area contributed by atoms with Crippen molar-refractivity contribution in [3.63, 3.8) is 0 Å². The SMILES string of the molecule is O=C(COC(=O)c1cccc(S(=O)(=O)NCc2ccccc2)c1)Nc1ccc2c(c1)OCO2. The number of benzene rings is 3. The Morgan fingerprint density at radius 2 is 1.70 bits per heavy atom. The second kappa shape index (κ2) is 9.72. The zero-order chi connectivity index (χ0) is 23.3. The molecule has 1 aliphatic rings. The quantitative estimate of drug-likeness (QED) is 0.488. The van der Waals surface area contributed by atoms with Crippen LogP contribution in [0.15, 0.2) is 77.7 Å². The van der Waals surface area contributed by atoms with E-state index in [0.717, 1.165) is 5.56 Å². The lowest BCUT2D eigenvalue weighted by Crippen LogP contribution is -2.24. The monoisotopic (exact) mass is 468 g/mol. The summed E-state index contributed by atoms with van der Waals surface area (Å²) in [6.07, 6.45) is 0. The number of hydrogen-bond donors (Lipinski definition) is 2. The van der Waals surface area contributed by atoms with E-state index in [4.69, 9.17) is 14.2 Å². The number of rotatable bonds is 8. The van der Waals surface area contributed by atoms with E-state index in [0.29, 0.717) is 17.2 Å². The second-order valence-corrected chi connectivity index (χ2v) is 8.80. The molecule has 0 bridgehead atoms. The number of sulfonamides is 1. The van der Waals surface area contributed by atoms with Gasteiger partial charge in [0.25, 0.3) is 5.91 Å². The molecule has 33 heavy (non-hydrogen) atoms. The van der Waals surface area contributed by atoms with E-state index in [-0.39, 0.29) is 23.8 Å². The van der Waals surface area contributed by atoms with Gasteiger partial charge in [-0.1, -0.05) is 36.4 Å². The number of fused-ring (bicyclic) bond motifs is 1. The molecule has 9 nitrogen and oxygen atoms in total. The van der Waals surface area contributed by atoms with Crippen LogP contribution >= 0.6 is 0 Å². The fraction of sp³-hybridized carbons (Fsp3) is 0.130. The topological polar surface area (TPSA) is 120 Å². The van der Waals surface area contributed by atoms with E-state index in [1.54, 1.807) is 30.3 Å². The first kappa shape index (κ1) is 22.3. The van der Waals surface area contributed by atoms with Gasteiger partial charge in [-0.3, -0.25) is 4.79 Å². The Morgan fingerprint density at radius 3 is 2.52 bits per heavy atom. The van der Waals surface area contributed by atoms with Gasteiger partial charge in [0.2, 0.25) is 16.8 Å². The summed E-state index contributed by atoms with van der Waals surface area (Å²) in [5.74, 6) is -0.303. The van der Waals surface area contributed by atoms with Crippen molar-refractivity contribution in [3.05, 3.63) is 83.9 Å². The molecule has 1 aliphatic heterocycles. The molecule has 1 heterocycles. The van der Waals surface area contributed by atoms with Crippen molar-refractivity contribution >= 4 is 27.6 Å². The third-order valence-corrected chi connectivity index (χ3v) is 6.08. The van der Waals surface area contributed by atoms with E-state index in [9.17, 15) is 18.0 Å². The van der Waals surface area contributed by atoms with Crippen molar-refractivity contribution in [1.29, 1.82) is 0 Å². The number of esters is 1. The lowest BCUT2D eigenvalue weighted by Gasteiger charge is -2.09. The minimum atomic E-state index is -3.85. The fourth-order valence-electron chi connectivity index (χ4n) is 3.03. The molecule has 0 aliphatic carbocycles. The van der Waals surface area contributed by atoms with Crippen LogP contribution in [-0.4, -0.2) is 33.7 Å². The predicted octanol–water partition coefficient (Wildman–Crippen LogP) is 2.69. The Kier molecular flexibility index (Phi) is 6.57. The highest BCUT2D eigenvalue weighted by molar-refractivity contribution is 7.89. The molecule has 0 unspecified atom stereocenters. The van der Waals surface area contributed by atoms with Crippen molar-refractivity contribution in [3.8, 4) is 11.5 Å². The molecule has 3 aromatic carbocycles. The molecule has 0 aromatic heterocycles. The molecule has 0 atom stereocenters. The average molecular weight is 468 g/mol. The van der Waals surface area contributed by atoms with Gasteiger partial charge in [-0.15, -0.1) is 0 Å². The summed E-state index contributed by atoms with van der Waals surface area (Å²) in [4.78, 5) is 24.4. The maximum absolute atomic E-state index is 12.6. The van der Waals surface area contributed by atoms with Gasteiger partial charge in [-0.25, -0.2) is 17.9 Å². The van der Waals surface area contributed by atoms with Crippen molar-refractivity contribution in [2.24, 2.45) is 0 Å². The van der Waals surface area contributed by atoms with Crippen molar-refractivity contribution < 1.29 is 32.2 Å². The van der Waals surface area contributed by atoms with Crippen LogP contribution in [-0.2, 0) is 26.1 Å². The molecular formula is C23H20N2O7S. The van der Waals surface area contributed by atoms with Crippen molar-refractivity contribution in [2.75, 3.05) is 18.7 Å². The second-order valence-electron chi connectivity index (χ2n) is 7.03. The molecule has 1 amide bonds. The van der Waals surface area contributed by atoms with Gasteiger partial charge in [0, 0.05) is 18.3 Å². The maximum atomic E-state index is 12.6. The molecule has 10 heteroatoms. The van der Waals surface area contributed by atoms with Gasteiger partial charge < -0.3 is 19.5 Å². The van der Waals surface area contributed by atoms with E-state index >= 15 is 0 Å². The molecule has 0 saturated carbocycles. The number of ether oxygens (including phenoxy) is 3. The molecule has 3 aromatic rings. The Bertz CT molecular complexity index is 1280. The first-order chi connectivity index (χ1) is 15.9. The van der Waals surface area contributed by atoms with E-state index in [1.807, 2.05) is 18.2 Å². The van der Waals surface area contributed by atoms with Crippen LogP contribution in [0, 0.1) is 0 Å². The van der Waals surface area contributed by atoms with E-state index in [2.05, 4.69) is 10.0 Å². The Labute approximate surface area is 190 Å². The molecule has 4 rings (SSSR count). The normalized spacial score (nSPS) is 12.2. The summed E-state index contributed by atoms with van der Waals surface area (Å²) >= 11 is 0. The van der Waals surface area contributed by atoms with Crippen molar-refractivity contribution in [2.45, 2.75) is 11.4 Å². The van der Waals surface area contributed by atoms with Crippen LogP contribution in [0.1, 0.15) is 15.9 Å². The number of carbonyl (C=O) groups excluding carboxylic acids is 2. The lowest BCUT2D eigenvalue weighted by atomic mass is 10.2. The molecule has 170 valence electrons. The van der Waals surface area contributed by atoms with Crippen LogP contribution in [0.5, 0.6) is 11.5 Å². The highest BCUT2D eigenvalue weighted by Gasteiger charge is 2.18. The van der Waals surface area contributed by atoms with E-state index < -0.39 is 28.5 Å². The fourth-order valence-corrected chi connectivity index (χ4v) is 4.10. The van der Waals surface area contributed by atoms with Crippen molar-refractivity contribution in [1.82, 2.24) is 4.72 Å². The zero-order valence-electron chi connectivity index (χ0n) is 17.3. The summed E-state index contributed by atoms with van der Waals surface area (Å²) in [6, 6.07) is 19.3. The first-order valence-corrected chi connectivity index (χ1v) is 11.4. The van der Waals surface area contributed by atoms with Gasteiger partial charge >= 0.3 is 5.97 Å². The molecular weight excluding hydrogens is 448 g/mol. The van der Waals surface area contributed by atoms with Gasteiger partial charge in [0.1, 0.15) is 0 Å². The average Bonchev–Trinajstić information content (AvgIpc) is 3.30. The zero-order valence-corrected chi connectivity index (χ0v) is 18.1. The summed E-state index contributed by atoms with van der Waals surface area (Å²) in [5.41, 5.74) is 1.26. The van der Waals surface area contributed by atoms with E-state index in [1.165, 1.54) is 24.3 Å². The summed E-state index contributed by atoms with van der Waals surface area (Å²) in [5, 5.41) is 2.59. The highest BCUT2D eigenvalue weighted by atomic mass is 32.2. The summed E-state index contributed by atoms with van der Waals surface area (Å²) < 4.78 is 43.1. The highest BCUT2D eigenvalue weighted by Crippen LogP contribution is 2.34. The van der Waals surface area contributed by atoms with Gasteiger partial charge in [0.15, 0.2) is 18.1 Å². The van der Waals surface area contributed by atoms with Crippen LogP contribution in [0.4, 0.5) is 5.69 Å². The molecule has 0 saturated heterocycles. The van der Waals surface area contributed by atoms with Crippen LogP contribution in [0.25, 0.3) is 0 Å². The third-order valence-electron chi connectivity index (χ3n) is 4.68. The lowest BCUT2D eigenvalue weighted by molar-refractivity contribution is -0.119. The third kappa shape index (κ3) is 5.68. The summed E-state index contributed by atoms with van der Waals surface area (Å²) in [7, 11) is -3.85. The minimum absolute atomic E-state index is 0.00784. The van der Waals surface area contributed by atoms with Crippen LogP contribution < -0.4 is 19.5 Å². The number of amides is 1. The Balaban J connectivity index is 1.33. The van der Waals surface area contributed by atoms with Crippen LogP contribution in [0.2, 0.25) is 0 Å². The smallest absolute Gasteiger partial charge is 0.338 e. The standard InChI is InChI=1S/C23H20N2O7S/c26-22(25-18-9-10-20-21(12-18)32-15-31-20)14-30-23(27)17-7-4-8-19(11-17)33(28,29)24-13-16-5-2-1-3-6-16/h1-12,24H,13-15H2,(H,25,26). The maximum Gasteiger partial charge on any atom is 0.338 e. The molecule has 0 spiro atoms. The number of carbonyl (C=O) groups is 2. The largest absolute Gasteiger partial charge is 0.454 e. The number of nitrogens with one attached hydrogen (secondary N) is 2. The Hall–Kier alpha value is -3.89. The molecule has 0 radical (unpaired) electrons. The van der Waals surface area contributed by atoms with Gasteiger partial charge in [-0.2, -0.15) is 0 Å². The number of hydrogen-bond acceptors (Lipinski definition) is 7. The van der Waals surface area contributed by atoms with Gasteiger partial charge in [-0.05, 0) is 35.9 Å². The Morgan fingerprint density at radius 1 is 0.909 bits per heavy atom. The molecule has 0 fully saturated rings. The summed E-state index contributed by atoms with van der Waals surface area (Å²) in [6.45, 7) is -0.324. The predicted molar refractivity (Wildman–Crippen MR) is 118 cm³/mol.